The van der Waals surface area contributed by atoms with Crippen LogP contribution in [0.25, 0.3) is 16.8 Å². The molecule has 0 fully saturated rings. The number of benzene rings is 1. The SMILES string of the molecule is C=C1NC(C)(C)c2ccc(N3C(=O)C(C)(C)c4ccc(-c5cnc(C)nc5)cc43)nc21. The first-order valence-corrected chi connectivity index (χ1v) is 10.4. The molecule has 4 heterocycles. The quantitative estimate of drug-likeness (QED) is 0.667. The topological polar surface area (TPSA) is 71.0 Å². The molecule has 3 aromatic rings. The summed E-state index contributed by atoms with van der Waals surface area (Å²) in [5, 5.41) is 3.38. The molecule has 0 radical (unpaired) electrons. The lowest BCUT2D eigenvalue weighted by Crippen LogP contribution is -2.33. The molecule has 2 aliphatic heterocycles. The fourth-order valence-corrected chi connectivity index (χ4v) is 4.51. The Balaban J connectivity index is 1.66. The van der Waals surface area contributed by atoms with Crippen LogP contribution in [0.15, 0.2) is 49.3 Å². The zero-order valence-electron chi connectivity index (χ0n) is 18.4. The van der Waals surface area contributed by atoms with Gasteiger partial charge in [0.25, 0.3) is 0 Å². The van der Waals surface area contributed by atoms with Crippen molar-refractivity contribution in [2.24, 2.45) is 0 Å². The molecule has 5 rings (SSSR count). The van der Waals surface area contributed by atoms with E-state index < -0.39 is 5.41 Å². The minimum absolute atomic E-state index is 0.00286. The van der Waals surface area contributed by atoms with E-state index in [0.29, 0.717) is 5.82 Å². The van der Waals surface area contributed by atoms with Gasteiger partial charge in [-0.15, -0.1) is 0 Å². The van der Waals surface area contributed by atoms with Crippen LogP contribution in [0.1, 0.15) is 50.3 Å². The molecule has 0 saturated carbocycles. The van der Waals surface area contributed by atoms with E-state index in [1.807, 2.05) is 63.5 Å². The van der Waals surface area contributed by atoms with Gasteiger partial charge in [0.2, 0.25) is 5.91 Å². The lowest BCUT2D eigenvalue weighted by atomic mass is 9.85. The zero-order chi connectivity index (χ0) is 22.1. The number of pyridine rings is 1. The second-order valence-corrected chi connectivity index (χ2v) is 9.31. The molecule has 0 unspecified atom stereocenters. The van der Waals surface area contributed by atoms with Crippen molar-refractivity contribution < 1.29 is 4.79 Å². The molecule has 6 heteroatoms. The van der Waals surface area contributed by atoms with Gasteiger partial charge in [-0.1, -0.05) is 24.8 Å². The van der Waals surface area contributed by atoms with Gasteiger partial charge in [-0.05, 0) is 57.9 Å². The molecular formula is C25H25N5O. The number of aryl methyl sites for hydroxylation is 1. The third kappa shape index (κ3) is 2.78. The minimum Gasteiger partial charge on any atom is -0.375 e. The van der Waals surface area contributed by atoms with Crippen LogP contribution < -0.4 is 10.2 Å². The van der Waals surface area contributed by atoms with Gasteiger partial charge >= 0.3 is 0 Å². The van der Waals surface area contributed by atoms with Crippen molar-refractivity contribution in [1.82, 2.24) is 20.3 Å². The summed E-state index contributed by atoms with van der Waals surface area (Å²) >= 11 is 0. The molecule has 1 aromatic carbocycles. The van der Waals surface area contributed by atoms with E-state index >= 15 is 0 Å². The molecule has 0 bridgehead atoms. The number of aromatic nitrogens is 3. The molecule has 1 amide bonds. The molecule has 2 aromatic heterocycles. The Morgan fingerprint density at radius 2 is 1.65 bits per heavy atom. The van der Waals surface area contributed by atoms with Crippen molar-refractivity contribution in [1.29, 1.82) is 0 Å². The van der Waals surface area contributed by atoms with Crippen LogP contribution in [0.5, 0.6) is 0 Å². The van der Waals surface area contributed by atoms with E-state index in [2.05, 4.69) is 35.7 Å². The Labute approximate surface area is 182 Å². The average Bonchev–Trinajstić information content (AvgIpc) is 3.08. The second-order valence-electron chi connectivity index (χ2n) is 9.31. The average molecular weight is 412 g/mol. The summed E-state index contributed by atoms with van der Waals surface area (Å²) in [5.41, 5.74) is 5.48. The Bertz CT molecular complexity index is 1260. The highest BCUT2D eigenvalue weighted by atomic mass is 16.2. The van der Waals surface area contributed by atoms with E-state index in [4.69, 9.17) is 4.98 Å². The summed E-state index contributed by atoms with van der Waals surface area (Å²) < 4.78 is 0. The Kier molecular flexibility index (Phi) is 3.91. The fourth-order valence-electron chi connectivity index (χ4n) is 4.51. The molecule has 0 atom stereocenters. The van der Waals surface area contributed by atoms with Crippen molar-refractivity contribution in [3.05, 3.63) is 71.9 Å². The van der Waals surface area contributed by atoms with Gasteiger partial charge in [0.15, 0.2) is 0 Å². The van der Waals surface area contributed by atoms with Gasteiger partial charge in [0, 0.05) is 23.5 Å². The molecular weight excluding hydrogens is 386 g/mol. The van der Waals surface area contributed by atoms with E-state index in [1.165, 1.54) is 0 Å². The van der Waals surface area contributed by atoms with Crippen LogP contribution in [0, 0.1) is 6.92 Å². The summed E-state index contributed by atoms with van der Waals surface area (Å²) in [7, 11) is 0. The van der Waals surface area contributed by atoms with Gasteiger partial charge in [-0.2, -0.15) is 0 Å². The van der Waals surface area contributed by atoms with Gasteiger partial charge in [0.05, 0.1) is 28.0 Å². The van der Waals surface area contributed by atoms with E-state index in [1.54, 1.807) is 4.90 Å². The highest BCUT2D eigenvalue weighted by molar-refractivity contribution is 6.12. The van der Waals surface area contributed by atoms with E-state index in [0.717, 1.165) is 45.2 Å². The number of rotatable bonds is 2. The van der Waals surface area contributed by atoms with Crippen molar-refractivity contribution in [2.75, 3.05) is 4.90 Å². The van der Waals surface area contributed by atoms with Crippen LogP contribution in [0.3, 0.4) is 0 Å². The number of carbonyl (C=O) groups is 1. The third-order valence-electron chi connectivity index (χ3n) is 6.30. The maximum Gasteiger partial charge on any atom is 0.242 e. The highest BCUT2D eigenvalue weighted by Gasteiger charge is 2.45. The van der Waals surface area contributed by atoms with Crippen LogP contribution in [0.2, 0.25) is 0 Å². The normalized spacial score (nSPS) is 18.0. The predicted molar refractivity (Wildman–Crippen MR) is 122 cm³/mol. The largest absolute Gasteiger partial charge is 0.375 e. The van der Waals surface area contributed by atoms with Crippen LogP contribution in [-0.4, -0.2) is 20.9 Å². The molecule has 156 valence electrons. The van der Waals surface area contributed by atoms with Crippen molar-refractivity contribution >= 4 is 23.1 Å². The Morgan fingerprint density at radius 3 is 2.35 bits per heavy atom. The molecule has 6 nitrogen and oxygen atoms in total. The van der Waals surface area contributed by atoms with Crippen LogP contribution >= 0.6 is 0 Å². The number of hydrogen-bond donors (Lipinski definition) is 1. The number of nitrogens with one attached hydrogen (secondary N) is 1. The fraction of sp³-hybridized carbons (Fsp3) is 0.280. The number of fused-ring (bicyclic) bond motifs is 2. The van der Waals surface area contributed by atoms with Gasteiger partial charge in [0.1, 0.15) is 11.6 Å². The molecule has 0 aliphatic carbocycles. The lowest BCUT2D eigenvalue weighted by molar-refractivity contribution is -0.121. The van der Waals surface area contributed by atoms with E-state index in [-0.39, 0.29) is 11.4 Å². The summed E-state index contributed by atoms with van der Waals surface area (Å²) in [4.78, 5) is 28.7. The Hall–Kier alpha value is -3.54. The summed E-state index contributed by atoms with van der Waals surface area (Å²) in [6.07, 6.45) is 3.61. The standard InChI is InChI=1S/C25H25N5O/c1-14-22-19(25(5,6)29-14)9-10-21(28-22)30-20-11-16(17-12-26-15(2)27-13-17)7-8-18(20)24(3,4)23(30)31/h7-13,29H,1H2,2-6H3. The second kappa shape index (κ2) is 6.23. The maximum absolute atomic E-state index is 13.5. The van der Waals surface area contributed by atoms with Gasteiger partial charge in [-0.3, -0.25) is 9.69 Å². The van der Waals surface area contributed by atoms with Crippen molar-refractivity contribution in [2.45, 2.75) is 45.6 Å². The number of amides is 1. The van der Waals surface area contributed by atoms with Crippen molar-refractivity contribution in [3.63, 3.8) is 0 Å². The Morgan fingerprint density at radius 1 is 0.968 bits per heavy atom. The highest BCUT2D eigenvalue weighted by Crippen LogP contribution is 2.47. The van der Waals surface area contributed by atoms with Crippen LogP contribution in [-0.2, 0) is 15.7 Å². The van der Waals surface area contributed by atoms with Gasteiger partial charge < -0.3 is 5.32 Å². The number of carbonyl (C=O) groups excluding carboxylic acids is 1. The first-order chi connectivity index (χ1) is 14.6. The summed E-state index contributed by atoms with van der Waals surface area (Å²) in [6, 6.07) is 10.0. The minimum atomic E-state index is -0.646. The lowest BCUT2D eigenvalue weighted by Gasteiger charge is -2.22. The molecule has 0 spiro atoms. The zero-order valence-corrected chi connectivity index (χ0v) is 18.4. The monoisotopic (exact) mass is 411 g/mol. The first kappa shape index (κ1) is 19.4. The molecule has 2 aliphatic rings. The predicted octanol–water partition coefficient (Wildman–Crippen LogP) is 4.61. The number of hydrogen-bond acceptors (Lipinski definition) is 5. The molecule has 0 saturated heterocycles. The molecule has 1 N–H and O–H groups in total. The van der Waals surface area contributed by atoms with Crippen molar-refractivity contribution in [3.8, 4) is 11.1 Å². The smallest absolute Gasteiger partial charge is 0.242 e. The van der Waals surface area contributed by atoms with Crippen LogP contribution in [0.4, 0.5) is 11.5 Å². The number of anilines is 2. The summed E-state index contributed by atoms with van der Waals surface area (Å²) in [6.45, 7) is 14.1. The van der Waals surface area contributed by atoms with E-state index in [9.17, 15) is 4.79 Å². The number of nitrogens with zero attached hydrogens (tertiary/aromatic N) is 4. The first-order valence-electron chi connectivity index (χ1n) is 10.4. The summed E-state index contributed by atoms with van der Waals surface area (Å²) in [5.74, 6) is 1.33. The van der Waals surface area contributed by atoms with Gasteiger partial charge in [-0.25, -0.2) is 15.0 Å². The maximum atomic E-state index is 13.5. The molecule has 31 heavy (non-hydrogen) atoms. The third-order valence-corrected chi connectivity index (χ3v) is 6.30.